The standard InChI is InChI=1S/C26H21F5N6O3S/c27-41(28,29,30,31)20-8-6-19(7-9-20)26(17-32)12-14-37(15-13-26)23-11-10-21(34-35-23)24-33-22(36-40-24)16-39-25(38)18-4-2-1-3-5-18/h1-11H,12-16H2. The lowest BCUT2D eigenvalue weighted by Crippen LogP contribution is -2.42. The number of esters is 1. The Hall–Kier alpha value is -4.58. The van der Waals surface area contributed by atoms with E-state index >= 15 is 0 Å². The summed E-state index contributed by atoms with van der Waals surface area (Å²) in [7, 11) is -9.80. The highest BCUT2D eigenvalue weighted by molar-refractivity contribution is 8.45. The van der Waals surface area contributed by atoms with E-state index < -0.39 is 26.5 Å². The van der Waals surface area contributed by atoms with Crippen molar-refractivity contribution in [3.8, 4) is 17.7 Å². The molecule has 1 aliphatic heterocycles. The van der Waals surface area contributed by atoms with Crippen molar-refractivity contribution in [2.75, 3.05) is 18.0 Å². The summed E-state index contributed by atoms with van der Waals surface area (Å²) in [6, 6.07) is 16.4. The van der Waals surface area contributed by atoms with Crippen molar-refractivity contribution in [3.05, 3.63) is 83.7 Å². The van der Waals surface area contributed by atoms with Crippen LogP contribution in [0.15, 0.2) is 76.1 Å². The van der Waals surface area contributed by atoms with Gasteiger partial charge in [-0.2, -0.15) is 10.2 Å². The summed E-state index contributed by atoms with van der Waals surface area (Å²) < 4.78 is 75.8. The highest BCUT2D eigenvalue weighted by Gasteiger charge is 2.65. The maximum atomic E-state index is 13.1. The van der Waals surface area contributed by atoms with Crippen LogP contribution in [0.2, 0.25) is 0 Å². The molecule has 0 spiro atoms. The molecule has 15 heteroatoms. The molecule has 1 saturated heterocycles. The fourth-order valence-corrected chi connectivity index (χ4v) is 5.08. The molecule has 0 atom stereocenters. The Morgan fingerprint density at radius 2 is 1.66 bits per heavy atom. The Balaban J connectivity index is 1.21. The Kier molecular flexibility index (Phi) is 6.49. The minimum absolute atomic E-state index is 0.0620. The zero-order valence-electron chi connectivity index (χ0n) is 21.1. The third-order valence-electron chi connectivity index (χ3n) is 6.69. The summed E-state index contributed by atoms with van der Waals surface area (Å²) in [5, 5.41) is 21.9. The zero-order chi connectivity index (χ0) is 29.4. The quantitative estimate of drug-likeness (QED) is 0.173. The highest BCUT2D eigenvalue weighted by atomic mass is 32.5. The van der Waals surface area contributed by atoms with E-state index in [4.69, 9.17) is 9.26 Å². The zero-order valence-corrected chi connectivity index (χ0v) is 21.9. The van der Waals surface area contributed by atoms with Crippen LogP contribution in [0.4, 0.5) is 25.2 Å². The summed E-state index contributed by atoms with van der Waals surface area (Å²) in [6.45, 7) is 0.435. The van der Waals surface area contributed by atoms with Crippen molar-refractivity contribution in [2.45, 2.75) is 29.8 Å². The number of nitrogens with zero attached hydrogens (tertiary/aromatic N) is 6. The van der Waals surface area contributed by atoms with E-state index in [0.29, 0.717) is 36.6 Å². The first-order valence-corrected chi connectivity index (χ1v) is 14.1. The number of carbonyl (C=O) groups is 1. The van der Waals surface area contributed by atoms with E-state index in [9.17, 15) is 29.5 Å². The summed E-state index contributed by atoms with van der Waals surface area (Å²) >= 11 is 0. The van der Waals surface area contributed by atoms with Gasteiger partial charge in [0.05, 0.1) is 17.0 Å². The minimum Gasteiger partial charge on any atom is -0.454 e. The average molecular weight is 593 g/mol. The van der Waals surface area contributed by atoms with Crippen LogP contribution in [0.3, 0.4) is 0 Å². The van der Waals surface area contributed by atoms with Crippen LogP contribution in [0, 0.1) is 11.3 Å². The third-order valence-corrected chi connectivity index (χ3v) is 7.85. The van der Waals surface area contributed by atoms with Crippen molar-refractivity contribution >= 4 is 22.0 Å². The van der Waals surface area contributed by atoms with Crippen LogP contribution in [-0.2, 0) is 16.8 Å². The maximum absolute atomic E-state index is 13.1. The predicted octanol–water partition coefficient (Wildman–Crippen LogP) is 6.60. The summed E-state index contributed by atoms with van der Waals surface area (Å²) in [5.74, 6) is 0.136. The number of halogens is 5. The number of ether oxygens (including phenoxy) is 1. The highest BCUT2D eigenvalue weighted by Crippen LogP contribution is 3.02. The second-order valence-corrected chi connectivity index (χ2v) is 11.8. The van der Waals surface area contributed by atoms with Gasteiger partial charge < -0.3 is 14.2 Å². The number of aromatic nitrogens is 4. The molecule has 0 aliphatic carbocycles. The minimum atomic E-state index is -9.80. The van der Waals surface area contributed by atoms with Gasteiger partial charge in [0.25, 0.3) is 5.89 Å². The van der Waals surface area contributed by atoms with Crippen LogP contribution in [-0.4, -0.2) is 39.4 Å². The lowest BCUT2D eigenvalue weighted by atomic mass is 9.74. The van der Waals surface area contributed by atoms with Crippen molar-refractivity contribution in [3.63, 3.8) is 0 Å². The maximum Gasteiger partial charge on any atom is 0.338 e. The molecule has 0 saturated carbocycles. The summed E-state index contributed by atoms with van der Waals surface area (Å²) in [4.78, 5) is 16.1. The lowest BCUT2D eigenvalue weighted by molar-refractivity contribution is 0.0459. The van der Waals surface area contributed by atoms with Gasteiger partial charge in [-0.15, -0.1) is 10.2 Å². The van der Waals surface area contributed by atoms with Gasteiger partial charge in [-0.05, 0) is 54.8 Å². The summed E-state index contributed by atoms with van der Waals surface area (Å²) in [6.07, 6.45) is 0.467. The molecule has 0 N–H and O–H groups in total. The first-order valence-electron chi connectivity index (χ1n) is 12.2. The molecule has 5 rings (SSSR count). The molecule has 9 nitrogen and oxygen atoms in total. The fourth-order valence-electron chi connectivity index (χ4n) is 4.43. The van der Waals surface area contributed by atoms with E-state index in [1.165, 1.54) is 0 Å². The molecule has 2 aromatic carbocycles. The van der Waals surface area contributed by atoms with E-state index in [1.807, 2.05) is 4.90 Å². The Bertz CT molecular complexity index is 1600. The van der Waals surface area contributed by atoms with Gasteiger partial charge in [0.15, 0.2) is 18.1 Å². The molecule has 0 amide bonds. The molecular weight excluding hydrogens is 571 g/mol. The SMILES string of the molecule is N#CC1(c2ccc(S(F)(F)(F)(F)F)cc2)CCN(c2ccc(-c3nc(COC(=O)c4ccccc4)no3)nn2)CC1. The second-order valence-electron chi connectivity index (χ2n) is 9.41. The molecular formula is C26H21F5N6O3S. The van der Waals surface area contributed by atoms with Crippen LogP contribution in [0.5, 0.6) is 0 Å². The van der Waals surface area contributed by atoms with Gasteiger partial charge in [-0.25, -0.2) is 4.79 Å². The largest absolute Gasteiger partial charge is 0.454 e. The molecule has 0 radical (unpaired) electrons. The smallest absolute Gasteiger partial charge is 0.338 e. The number of hydrogen-bond acceptors (Lipinski definition) is 9. The monoisotopic (exact) mass is 592 g/mol. The number of piperidine rings is 1. The van der Waals surface area contributed by atoms with Crippen molar-refractivity contribution in [1.82, 2.24) is 20.3 Å². The molecule has 4 aromatic rings. The van der Waals surface area contributed by atoms with E-state index in [-0.39, 0.29) is 42.4 Å². The number of rotatable bonds is 7. The van der Waals surface area contributed by atoms with Gasteiger partial charge in [0, 0.05) is 13.1 Å². The first-order chi connectivity index (χ1) is 19.3. The van der Waals surface area contributed by atoms with E-state index in [1.54, 1.807) is 42.5 Å². The molecule has 0 unspecified atom stereocenters. The number of anilines is 1. The van der Waals surface area contributed by atoms with Gasteiger partial charge in [-0.1, -0.05) is 54.9 Å². The molecule has 41 heavy (non-hydrogen) atoms. The second kappa shape index (κ2) is 9.51. The molecule has 0 bridgehead atoms. The summed E-state index contributed by atoms with van der Waals surface area (Å²) in [5.41, 5.74) is -0.236. The lowest BCUT2D eigenvalue weighted by Gasteiger charge is -2.41. The van der Waals surface area contributed by atoms with Gasteiger partial charge in [-0.3, -0.25) is 0 Å². The van der Waals surface area contributed by atoms with Gasteiger partial charge in [0.1, 0.15) is 4.90 Å². The number of benzene rings is 2. The van der Waals surface area contributed by atoms with Crippen LogP contribution < -0.4 is 4.90 Å². The number of hydrogen-bond donors (Lipinski definition) is 0. The number of carbonyl (C=O) groups excluding carboxylic acids is 1. The normalized spacial score (nSPS) is 16.7. The third kappa shape index (κ3) is 6.12. The van der Waals surface area contributed by atoms with E-state index in [2.05, 4.69) is 26.4 Å². The predicted molar refractivity (Wildman–Crippen MR) is 137 cm³/mol. The Morgan fingerprint density at radius 1 is 0.976 bits per heavy atom. The topological polar surface area (TPSA) is 118 Å². The molecule has 2 aromatic heterocycles. The van der Waals surface area contributed by atoms with Crippen LogP contribution in [0.25, 0.3) is 11.6 Å². The van der Waals surface area contributed by atoms with Crippen molar-refractivity contribution in [1.29, 1.82) is 5.26 Å². The number of nitriles is 1. The fraction of sp³-hybridized carbons (Fsp3) is 0.231. The van der Waals surface area contributed by atoms with Gasteiger partial charge in [0.2, 0.25) is 5.82 Å². The van der Waals surface area contributed by atoms with E-state index in [0.717, 1.165) is 12.1 Å². The van der Waals surface area contributed by atoms with Crippen LogP contribution in [0.1, 0.15) is 34.6 Å². The molecule has 214 valence electrons. The first kappa shape index (κ1) is 28.0. The Morgan fingerprint density at radius 3 is 2.24 bits per heavy atom. The van der Waals surface area contributed by atoms with Crippen LogP contribution >= 0.6 is 10.2 Å². The molecule has 1 fully saturated rings. The van der Waals surface area contributed by atoms with Gasteiger partial charge >= 0.3 is 16.2 Å². The average Bonchev–Trinajstić information content (AvgIpc) is 3.45. The Labute approximate surface area is 230 Å². The van der Waals surface area contributed by atoms with Crippen molar-refractivity contribution < 1.29 is 33.5 Å². The molecule has 3 heterocycles. The molecule has 1 aliphatic rings. The van der Waals surface area contributed by atoms with Crippen molar-refractivity contribution in [2.24, 2.45) is 0 Å².